The van der Waals surface area contributed by atoms with E-state index in [4.69, 9.17) is 4.42 Å². The van der Waals surface area contributed by atoms with Crippen molar-refractivity contribution in [3.8, 4) is 0 Å². The molecule has 1 aromatic rings. The summed E-state index contributed by atoms with van der Waals surface area (Å²) in [5.41, 5.74) is 0. The molecule has 2 heterocycles. The molecule has 1 fully saturated rings. The molecule has 0 bridgehead atoms. The predicted molar refractivity (Wildman–Crippen MR) is 51.6 cm³/mol. The molecule has 0 atom stereocenters. The fraction of sp³-hybridized carbons (Fsp3) is 0.600. The minimum atomic E-state index is 0.954. The van der Waals surface area contributed by atoms with Crippen LogP contribution in [0.15, 0.2) is 16.5 Å². The topological polar surface area (TPSA) is 28.4 Å². The first-order valence-corrected chi connectivity index (χ1v) is 4.83. The van der Waals surface area contributed by atoms with E-state index in [-0.39, 0.29) is 0 Å². The van der Waals surface area contributed by atoms with Gasteiger partial charge in [-0.15, -0.1) is 0 Å². The third-order valence-corrected chi connectivity index (χ3v) is 2.39. The Kier molecular flexibility index (Phi) is 2.66. The molecular formula is C10H16N2O. The Morgan fingerprint density at radius 1 is 1.38 bits per heavy atom. The second-order valence-electron chi connectivity index (χ2n) is 3.54. The van der Waals surface area contributed by atoms with E-state index >= 15 is 0 Å². The van der Waals surface area contributed by atoms with Crippen LogP contribution in [0.3, 0.4) is 0 Å². The second kappa shape index (κ2) is 3.94. The highest BCUT2D eigenvalue weighted by Crippen LogP contribution is 2.09. The maximum absolute atomic E-state index is 5.52. The van der Waals surface area contributed by atoms with Gasteiger partial charge in [0.05, 0.1) is 6.54 Å². The molecule has 0 amide bonds. The Morgan fingerprint density at radius 3 is 2.77 bits per heavy atom. The molecular weight excluding hydrogens is 164 g/mol. The normalized spacial score (nSPS) is 19.2. The van der Waals surface area contributed by atoms with E-state index in [0.29, 0.717) is 0 Å². The van der Waals surface area contributed by atoms with E-state index in [9.17, 15) is 0 Å². The number of hydrogen-bond donors (Lipinski definition) is 1. The third-order valence-electron chi connectivity index (χ3n) is 2.39. The van der Waals surface area contributed by atoms with Gasteiger partial charge >= 0.3 is 0 Å². The van der Waals surface area contributed by atoms with E-state index < -0.39 is 0 Å². The summed E-state index contributed by atoms with van der Waals surface area (Å²) < 4.78 is 5.52. The van der Waals surface area contributed by atoms with Gasteiger partial charge in [-0.3, -0.25) is 4.90 Å². The lowest BCUT2D eigenvalue weighted by atomic mass is 10.3. The summed E-state index contributed by atoms with van der Waals surface area (Å²) in [6, 6.07) is 4.09. The highest BCUT2D eigenvalue weighted by atomic mass is 16.3. The SMILES string of the molecule is Cc1ccc(CN2CCNCC2)o1. The van der Waals surface area contributed by atoms with E-state index in [1.807, 2.05) is 13.0 Å². The number of hydrogen-bond acceptors (Lipinski definition) is 3. The molecule has 0 aromatic carbocycles. The van der Waals surface area contributed by atoms with Crippen LogP contribution in [0.4, 0.5) is 0 Å². The van der Waals surface area contributed by atoms with E-state index in [1.54, 1.807) is 0 Å². The summed E-state index contributed by atoms with van der Waals surface area (Å²) in [6.45, 7) is 7.38. The molecule has 3 nitrogen and oxygen atoms in total. The molecule has 1 aromatic heterocycles. The average molecular weight is 180 g/mol. The summed E-state index contributed by atoms with van der Waals surface area (Å²) in [5, 5.41) is 3.33. The maximum Gasteiger partial charge on any atom is 0.118 e. The first-order chi connectivity index (χ1) is 6.34. The van der Waals surface area contributed by atoms with Crippen molar-refractivity contribution >= 4 is 0 Å². The smallest absolute Gasteiger partial charge is 0.118 e. The predicted octanol–water partition coefficient (Wildman–Crippen LogP) is 0.993. The summed E-state index contributed by atoms with van der Waals surface area (Å²) >= 11 is 0. The van der Waals surface area contributed by atoms with Gasteiger partial charge in [-0.05, 0) is 19.1 Å². The van der Waals surface area contributed by atoms with Gasteiger partial charge in [0.2, 0.25) is 0 Å². The molecule has 0 unspecified atom stereocenters. The molecule has 1 N–H and O–H groups in total. The van der Waals surface area contributed by atoms with Crippen LogP contribution in [-0.2, 0) is 6.54 Å². The van der Waals surface area contributed by atoms with E-state index in [1.165, 1.54) is 0 Å². The third kappa shape index (κ3) is 2.32. The average Bonchev–Trinajstić information content (AvgIpc) is 2.53. The van der Waals surface area contributed by atoms with Crippen molar-refractivity contribution < 1.29 is 4.42 Å². The number of nitrogens with zero attached hydrogens (tertiary/aromatic N) is 1. The lowest BCUT2D eigenvalue weighted by Gasteiger charge is -2.26. The van der Waals surface area contributed by atoms with Crippen LogP contribution in [0.5, 0.6) is 0 Å². The summed E-state index contributed by atoms with van der Waals surface area (Å²) in [5.74, 6) is 2.09. The number of piperazine rings is 1. The van der Waals surface area contributed by atoms with Gasteiger partial charge in [0, 0.05) is 26.2 Å². The van der Waals surface area contributed by atoms with Gasteiger partial charge in [0.25, 0.3) is 0 Å². The maximum atomic E-state index is 5.52. The van der Waals surface area contributed by atoms with Crippen LogP contribution in [0, 0.1) is 6.92 Å². The summed E-state index contributed by atoms with van der Waals surface area (Å²) in [6.07, 6.45) is 0. The zero-order chi connectivity index (χ0) is 9.10. The van der Waals surface area contributed by atoms with Gasteiger partial charge in [0.15, 0.2) is 0 Å². The minimum absolute atomic E-state index is 0.954. The van der Waals surface area contributed by atoms with Gasteiger partial charge in [-0.25, -0.2) is 0 Å². The van der Waals surface area contributed by atoms with Crippen molar-refractivity contribution in [2.75, 3.05) is 26.2 Å². The molecule has 0 aliphatic carbocycles. The van der Waals surface area contributed by atoms with Crippen molar-refractivity contribution in [3.63, 3.8) is 0 Å². The fourth-order valence-electron chi connectivity index (χ4n) is 1.66. The second-order valence-corrected chi connectivity index (χ2v) is 3.54. The lowest BCUT2D eigenvalue weighted by Crippen LogP contribution is -2.42. The molecule has 0 saturated carbocycles. The number of rotatable bonds is 2. The highest BCUT2D eigenvalue weighted by molar-refractivity contribution is 5.05. The number of nitrogens with one attached hydrogen (secondary N) is 1. The van der Waals surface area contributed by atoms with Crippen LogP contribution in [0.2, 0.25) is 0 Å². The Bertz CT molecular complexity index is 264. The fourth-order valence-corrected chi connectivity index (χ4v) is 1.66. The molecule has 2 rings (SSSR count). The zero-order valence-corrected chi connectivity index (χ0v) is 8.05. The molecule has 72 valence electrons. The molecule has 0 spiro atoms. The van der Waals surface area contributed by atoms with Crippen molar-refractivity contribution in [2.24, 2.45) is 0 Å². The van der Waals surface area contributed by atoms with Crippen molar-refractivity contribution in [2.45, 2.75) is 13.5 Å². The van der Waals surface area contributed by atoms with Gasteiger partial charge < -0.3 is 9.73 Å². The number of furan rings is 1. The summed E-state index contributed by atoms with van der Waals surface area (Å²) in [7, 11) is 0. The van der Waals surface area contributed by atoms with Gasteiger partial charge in [-0.2, -0.15) is 0 Å². The molecule has 1 aliphatic heterocycles. The lowest BCUT2D eigenvalue weighted by molar-refractivity contribution is 0.215. The first kappa shape index (κ1) is 8.78. The van der Waals surface area contributed by atoms with Crippen LogP contribution in [-0.4, -0.2) is 31.1 Å². The summed E-state index contributed by atoms with van der Waals surface area (Å²) in [4.78, 5) is 2.41. The molecule has 0 radical (unpaired) electrons. The van der Waals surface area contributed by atoms with Crippen molar-refractivity contribution in [1.29, 1.82) is 0 Å². The minimum Gasteiger partial charge on any atom is -0.465 e. The van der Waals surface area contributed by atoms with Crippen molar-refractivity contribution in [3.05, 3.63) is 23.7 Å². The number of aryl methyl sites for hydroxylation is 1. The van der Waals surface area contributed by atoms with Crippen molar-refractivity contribution in [1.82, 2.24) is 10.2 Å². The quantitative estimate of drug-likeness (QED) is 0.735. The van der Waals surface area contributed by atoms with Crippen LogP contribution >= 0.6 is 0 Å². The van der Waals surface area contributed by atoms with E-state index in [2.05, 4.69) is 16.3 Å². The Balaban J connectivity index is 1.89. The highest BCUT2D eigenvalue weighted by Gasteiger charge is 2.11. The van der Waals surface area contributed by atoms with Crippen LogP contribution in [0.25, 0.3) is 0 Å². The Hall–Kier alpha value is -0.800. The molecule has 3 heteroatoms. The standard InChI is InChI=1S/C10H16N2O/c1-9-2-3-10(13-9)8-12-6-4-11-5-7-12/h2-3,11H,4-8H2,1H3. The zero-order valence-electron chi connectivity index (χ0n) is 8.05. The first-order valence-electron chi connectivity index (χ1n) is 4.83. The molecule has 1 saturated heterocycles. The van der Waals surface area contributed by atoms with Crippen LogP contribution < -0.4 is 5.32 Å². The Morgan fingerprint density at radius 2 is 2.15 bits per heavy atom. The molecule has 1 aliphatic rings. The van der Waals surface area contributed by atoms with Gasteiger partial charge in [-0.1, -0.05) is 0 Å². The van der Waals surface area contributed by atoms with Gasteiger partial charge in [0.1, 0.15) is 11.5 Å². The Labute approximate surface area is 78.7 Å². The van der Waals surface area contributed by atoms with Crippen LogP contribution in [0.1, 0.15) is 11.5 Å². The van der Waals surface area contributed by atoms with E-state index in [0.717, 1.165) is 44.2 Å². The monoisotopic (exact) mass is 180 g/mol. The largest absolute Gasteiger partial charge is 0.465 e. The molecule has 13 heavy (non-hydrogen) atoms.